The lowest BCUT2D eigenvalue weighted by molar-refractivity contribution is 0.527. The molecule has 1 aliphatic carbocycles. The monoisotopic (exact) mass is 275 g/mol. The molecule has 1 aromatic heterocycles. The summed E-state index contributed by atoms with van der Waals surface area (Å²) in [7, 11) is 0. The zero-order valence-electron chi connectivity index (χ0n) is 11.4. The second kappa shape index (κ2) is 5.97. The summed E-state index contributed by atoms with van der Waals surface area (Å²) in [6.45, 7) is 3.33. The smallest absolute Gasteiger partial charge is 0.166 e. The number of H-pyrrole nitrogens is 1. The van der Waals surface area contributed by atoms with E-state index in [-0.39, 0.29) is 0 Å². The lowest BCUT2D eigenvalue weighted by atomic mass is 10.2. The van der Waals surface area contributed by atoms with Gasteiger partial charge in [0.05, 0.1) is 11.0 Å². The summed E-state index contributed by atoms with van der Waals surface area (Å²) < 4.78 is 0. The van der Waals surface area contributed by atoms with Crippen LogP contribution in [0.5, 0.6) is 0 Å². The van der Waals surface area contributed by atoms with Crippen LogP contribution >= 0.6 is 11.8 Å². The third kappa shape index (κ3) is 3.31. The maximum atomic E-state index is 4.61. The predicted octanol–water partition coefficient (Wildman–Crippen LogP) is 3.58. The summed E-state index contributed by atoms with van der Waals surface area (Å²) in [5.74, 6) is 0. The summed E-state index contributed by atoms with van der Waals surface area (Å²) in [5, 5.41) is 5.25. The molecule has 4 heteroatoms. The van der Waals surface area contributed by atoms with Gasteiger partial charge in [0.1, 0.15) is 0 Å². The highest BCUT2D eigenvalue weighted by atomic mass is 32.2. The Morgan fingerprint density at radius 3 is 2.95 bits per heavy atom. The molecule has 1 aromatic carbocycles. The van der Waals surface area contributed by atoms with Gasteiger partial charge >= 0.3 is 0 Å². The summed E-state index contributed by atoms with van der Waals surface area (Å²) in [6.07, 6.45) is 5.48. The van der Waals surface area contributed by atoms with Gasteiger partial charge in [0.15, 0.2) is 5.16 Å². The largest absolute Gasteiger partial charge is 0.333 e. The van der Waals surface area contributed by atoms with E-state index in [1.807, 2.05) is 23.9 Å². The van der Waals surface area contributed by atoms with Gasteiger partial charge in [0.25, 0.3) is 0 Å². The van der Waals surface area contributed by atoms with Gasteiger partial charge in [0.2, 0.25) is 0 Å². The van der Waals surface area contributed by atoms with Crippen LogP contribution in [-0.4, -0.2) is 27.8 Å². The van der Waals surface area contributed by atoms with Crippen molar-refractivity contribution in [1.29, 1.82) is 0 Å². The van der Waals surface area contributed by atoms with Crippen molar-refractivity contribution >= 4 is 22.8 Å². The molecule has 0 spiro atoms. The predicted molar refractivity (Wildman–Crippen MR) is 81.7 cm³/mol. The van der Waals surface area contributed by atoms with Crippen LogP contribution in [0, 0.1) is 0 Å². The fourth-order valence-corrected chi connectivity index (χ4v) is 3.56. The van der Waals surface area contributed by atoms with E-state index in [1.54, 1.807) is 0 Å². The lowest BCUT2D eigenvalue weighted by Crippen LogP contribution is -2.31. The van der Waals surface area contributed by atoms with Crippen molar-refractivity contribution < 1.29 is 0 Å². The molecule has 19 heavy (non-hydrogen) atoms. The van der Waals surface area contributed by atoms with Gasteiger partial charge in [0, 0.05) is 17.8 Å². The third-order valence-electron chi connectivity index (χ3n) is 3.73. The van der Waals surface area contributed by atoms with Crippen molar-refractivity contribution in [3.8, 4) is 0 Å². The molecule has 0 amide bonds. The summed E-state index contributed by atoms with van der Waals surface area (Å²) in [4.78, 5) is 7.99. The number of rotatable bonds is 5. The average Bonchev–Trinajstić information content (AvgIpc) is 3.04. The summed E-state index contributed by atoms with van der Waals surface area (Å²) in [5.41, 5.74) is 2.18. The Hall–Kier alpha value is -1.00. The van der Waals surface area contributed by atoms with E-state index < -0.39 is 0 Å². The van der Waals surface area contributed by atoms with Crippen molar-refractivity contribution in [2.24, 2.45) is 0 Å². The Labute approximate surface area is 118 Å². The first kappa shape index (κ1) is 13.0. The van der Waals surface area contributed by atoms with Gasteiger partial charge in [-0.05, 0) is 25.0 Å². The maximum absolute atomic E-state index is 4.61. The second-order valence-corrected chi connectivity index (χ2v) is 6.80. The minimum atomic E-state index is 0.543. The molecular formula is C15H21N3S. The number of aromatic amines is 1. The van der Waals surface area contributed by atoms with E-state index in [4.69, 9.17) is 0 Å². The molecule has 0 radical (unpaired) electrons. The lowest BCUT2D eigenvalue weighted by Gasteiger charge is -2.15. The maximum Gasteiger partial charge on any atom is 0.166 e. The minimum Gasteiger partial charge on any atom is -0.333 e. The molecule has 2 N–H and O–H groups in total. The van der Waals surface area contributed by atoms with Crippen LogP contribution < -0.4 is 5.32 Å². The van der Waals surface area contributed by atoms with Gasteiger partial charge in [-0.25, -0.2) is 4.98 Å². The molecule has 2 aromatic rings. The molecule has 1 aliphatic rings. The van der Waals surface area contributed by atoms with Crippen LogP contribution in [0.4, 0.5) is 0 Å². The summed E-state index contributed by atoms with van der Waals surface area (Å²) >= 11 is 1.82. The number of imidazole rings is 1. The first-order valence-electron chi connectivity index (χ1n) is 7.16. The highest BCUT2D eigenvalue weighted by Crippen LogP contribution is 2.24. The third-order valence-corrected chi connectivity index (χ3v) is 4.72. The van der Waals surface area contributed by atoms with Gasteiger partial charge in [-0.15, -0.1) is 0 Å². The standard InChI is InChI=1S/C15H21N3S/c1-11(10-16-12-6-2-3-7-12)19-15-17-13-8-4-5-9-14(13)18-15/h4-5,8-9,11-12,16H,2-3,6-7,10H2,1H3,(H,17,18). The molecule has 3 rings (SSSR count). The zero-order chi connectivity index (χ0) is 13.1. The minimum absolute atomic E-state index is 0.543. The quantitative estimate of drug-likeness (QED) is 0.820. The Morgan fingerprint density at radius 1 is 1.37 bits per heavy atom. The van der Waals surface area contributed by atoms with Crippen molar-refractivity contribution in [3.63, 3.8) is 0 Å². The molecule has 102 valence electrons. The first-order valence-corrected chi connectivity index (χ1v) is 8.04. The van der Waals surface area contributed by atoms with E-state index >= 15 is 0 Å². The van der Waals surface area contributed by atoms with E-state index in [9.17, 15) is 0 Å². The molecule has 1 fully saturated rings. The Bertz CT molecular complexity index is 498. The molecule has 1 unspecified atom stereocenters. The zero-order valence-corrected chi connectivity index (χ0v) is 12.2. The molecule has 1 atom stereocenters. The number of para-hydroxylation sites is 2. The SMILES string of the molecule is CC(CNC1CCCC1)Sc1nc2ccccc2[nH]1. The Kier molecular flexibility index (Phi) is 4.09. The number of fused-ring (bicyclic) bond motifs is 1. The van der Waals surface area contributed by atoms with Crippen LogP contribution in [0.1, 0.15) is 32.6 Å². The first-order chi connectivity index (χ1) is 9.31. The van der Waals surface area contributed by atoms with Crippen molar-refractivity contribution in [1.82, 2.24) is 15.3 Å². The van der Waals surface area contributed by atoms with Gasteiger partial charge in [-0.3, -0.25) is 0 Å². The van der Waals surface area contributed by atoms with E-state index in [0.717, 1.165) is 28.8 Å². The molecule has 1 saturated carbocycles. The molecule has 1 heterocycles. The Morgan fingerprint density at radius 2 is 2.16 bits per heavy atom. The molecule has 3 nitrogen and oxygen atoms in total. The number of hydrogen-bond acceptors (Lipinski definition) is 3. The van der Waals surface area contributed by atoms with Crippen molar-refractivity contribution in [2.45, 2.75) is 49.1 Å². The van der Waals surface area contributed by atoms with Crippen LogP contribution in [0.15, 0.2) is 29.4 Å². The topological polar surface area (TPSA) is 40.7 Å². The van der Waals surface area contributed by atoms with Crippen molar-refractivity contribution in [3.05, 3.63) is 24.3 Å². The fourth-order valence-electron chi connectivity index (χ4n) is 2.68. The number of nitrogens with zero attached hydrogens (tertiary/aromatic N) is 1. The Balaban J connectivity index is 1.54. The summed E-state index contributed by atoms with van der Waals surface area (Å²) in [6, 6.07) is 8.95. The normalized spacial score (nSPS) is 18.2. The molecule has 0 saturated heterocycles. The number of aromatic nitrogens is 2. The van der Waals surface area contributed by atoms with Gasteiger partial charge < -0.3 is 10.3 Å². The van der Waals surface area contributed by atoms with E-state index in [1.165, 1.54) is 25.7 Å². The highest BCUT2D eigenvalue weighted by molar-refractivity contribution is 7.99. The van der Waals surface area contributed by atoms with Crippen LogP contribution in [-0.2, 0) is 0 Å². The molecule has 0 aliphatic heterocycles. The fraction of sp³-hybridized carbons (Fsp3) is 0.533. The van der Waals surface area contributed by atoms with Gasteiger partial charge in [-0.1, -0.05) is 43.7 Å². The second-order valence-electron chi connectivity index (χ2n) is 5.38. The molecular weight excluding hydrogens is 254 g/mol. The average molecular weight is 275 g/mol. The van der Waals surface area contributed by atoms with Gasteiger partial charge in [-0.2, -0.15) is 0 Å². The van der Waals surface area contributed by atoms with Crippen LogP contribution in [0.3, 0.4) is 0 Å². The van der Waals surface area contributed by atoms with Crippen molar-refractivity contribution in [2.75, 3.05) is 6.54 Å². The van der Waals surface area contributed by atoms with Crippen LogP contribution in [0.25, 0.3) is 11.0 Å². The number of nitrogens with one attached hydrogen (secondary N) is 2. The number of thioether (sulfide) groups is 1. The molecule has 0 bridgehead atoms. The highest BCUT2D eigenvalue weighted by Gasteiger charge is 2.16. The number of benzene rings is 1. The number of hydrogen-bond donors (Lipinski definition) is 2. The van der Waals surface area contributed by atoms with E-state index in [2.05, 4.69) is 34.3 Å². The van der Waals surface area contributed by atoms with E-state index in [0.29, 0.717) is 5.25 Å². The van der Waals surface area contributed by atoms with Crippen LogP contribution in [0.2, 0.25) is 0 Å².